The molecule has 134 valence electrons. The van der Waals surface area contributed by atoms with Crippen molar-refractivity contribution in [1.82, 2.24) is 20.1 Å². The van der Waals surface area contributed by atoms with Gasteiger partial charge in [0.15, 0.2) is 0 Å². The smallest absolute Gasteiger partial charge is 0.237 e. The number of H-pyrrole nitrogens is 1. The van der Waals surface area contributed by atoms with E-state index < -0.39 is 0 Å². The number of fused-ring (bicyclic) bond motifs is 1. The number of nitrogens with one attached hydrogen (secondary N) is 2. The summed E-state index contributed by atoms with van der Waals surface area (Å²) >= 11 is 0. The van der Waals surface area contributed by atoms with Crippen LogP contribution in [0.4, 0.5) is 0 Å². The third-order valence-corrected chi connectivity index (χ3v) is 5.84. The van der Waals surface area contributed by atoms with E-state index in [1.165, 1.54) is 16.5 Å². The number of piperidine rings is 1. The fourth-order valence-corrected chi connectivity index (χ4v) is 4.36. The van der Waals surface area contributed by atoms with Gasteiger partial charge in [0.25, 0.3) is 0 Å². The number of rotatable bonds is 3. The Hall–Kier alpha value is -1.85. The van der Waals surface area contributed by atoms with Crippen molar-refractivity contribution in [2.75, 3.05) is 39.3 Å². The Morgan fingerprint density at radius 3 is 2.84 bits per heavy atom. The van der Waals surface area contributed by atoms with Gasteiger partial charge in [-0.05, 0) is 56.5 Å². The highest BCUT2D eigenvalue weighted by Gasteiger charge is 2.27. The highest BCUT2D eigenvalue weighted by atomic mass is 16.2. The molecule has 0 bridgehead atoms. The Morgan fingerprint density at radius 1 is 1.20 bits per heavy atom. The van der Waals surface area contributed by atoms with Crippen molar-refractivity contribution < 1.29 is 4.79 Å². The van der Waals surface area contributed by atoms with E-state index in [4.69, 9.17) is 0 Å². The summed E-state index contributed by atoms with van der Waals surface area (Å²) in [5.74, 6) is 0.893. The average molecular weight is 340 g/mol. The zero-order valence-corrected chi connectivity index (χ0v) is 15.0. The van der Waals surface area contributed by atoms with Crippen LogP contribution in [0.25, 0.3) is 10.9 Å². The molecule has 3 heterocycles. The molecule has 4 rings (SSSR count). The van der Waals surface area contributed by atoms with Crippen molar-refractivity contribution >= 4 is 16.8 Å². The van der Waals surface area contributed by atoms with Crippen LogP contribution in [0, 0.1) is 0 Å². The lowest BCUT2D eigenvalue weighted by Crippen LogP contribution is -2.55. The molecule has 0 aliphatic carbocycles. The summed E-state index contributed by atoms with van der Waals surface area (Å²) in [5, 5.41) is 4.70. The van der Waals surface area contributed by atoms with Gasteiger partial charge in [0.1, 0.15) is 0 Å². The van der Waals surface area contributed by atoms with E-state index in [9.17, 15) is 4.79 Å². The number of aromatic nitrogens is 1. The van der Waals surface area contributed by atoms with Crippen LogP contribution >= 0.6 is 0 Å². The Morgan fingerprint density at radius 2 is 2.04 bits per heavy atom. The summed E-state index contributed by atoms with van der Waals surface area (Å²) < 4.78 is 0. The number of piperazine rings is 1. The second-order valence-corrected chi connectivity index (χ2v) is 7.48. The number of benzene rings is 1. The van der Waals surface area contributed by atoms with Gasteiger partial charge in [-0.1, -0.05) is 12.1 Å². The molecule has 1 unspecified atom stereocenters. The lowest BCUT2D eigenvalue weighted by molar-refractivity contribution is -0.135. The molecule has 1 aromatic carbocycles. The summed E-state index contributed by atoms with van der Waals surface area (Å²) in [6.07, 6.45) is 4.29. The third kappa shape index (κ3) is 3.44. The van der Waals surface area contributed by atoms with Gasteiger partial charge >= 0.3 is 0 Å². The number of hydrogen-bond donors (Lipinski definition) is 2. The summed E-state index contributed by atoms with van der Waals surface area (Å²) in [4.78, 5) is 20.3. The number of nitrogens with zero attached hydrogens (tertiary/aromatic N) is 2. The van der Waals surface area contributed by atoms with E-state index in [0.717, 1.165) is 45.6 Å². The van der Waals surface area contributed by atoms with E-state index in [1.807, 2.05) is 11.1 Å². The van der Waals surface area contributed by atoms with Crippen LogP contribution in [0.3, 0.4) is 0 Å². The van der Waals surface area contributed by atoms with Gasteiger partial charge in [0, 0.05) is 42.8 Å². The first-order valence-corrected chi connectivity index (χ1v) is 9.51. The van der Waals surface area contributed by atoms with Gasteiger partial charge in [0.05, 0.1) is 6.54 Å². The van der Waals surface area contributed by atoms with Crippen LogP contribution in [0.1, 0.15) is 31.2 Å². The van der Waals surface area contributed by atoms with Crippen LogP contribution in [0.15, 0.2) is 30.5 Å². The molecular formula is C20H28N4O. The Kier molecular flexibility index (Phi) is 4.77. The predicted molar refractivity (Wildman–Crippen MR) is 101 cm³/mol. The first kappa shape index (κ1) is 16.6. The SMILES string of the molecule is CC1CNCCN1C(=O)CN1CCC(c2cccc3[nH]ccc23)CC1. The van der Waals surface area contributed by atoms with E-state index >= 15 is 0 Å². The molecule has 0 saturated carbocycles. The molecule has 1 atom stereocenters. The zero-order valence-electron chi connectivity index (χ0n) is 15.0. The van der Waals surface area contributed by atoms with Gasteiger partial charge in [-0.3, -0.25) is 9.69 Å². The van der Waals surface area contributed by atoms with Crippen LogP contribution in [-0.4, -0.2) is 66.0 Å². The maximum absolute atomic E-state index is 12.6. The van der Waals surface area contributed by atoms with Gasteiger partial charge in [0.2, 0.25) is 5.91 Å². The summed E-state index contributed by atoms with van der Waals surface area (Å²) in [6.45, 7) is 7.40. The second kappa shape index (κ2) is 7.18. The topological polar surface area (TPSA) is 51.4 Å². The maximum atomic E-state index is 12.6. The highest BCUT2D eigenvalue weighted by Crippen LogP contribution is 2.32. The molecule has 1 aromatic heterocycles. The lowest BCUT2D eigenvalue weighted by atomic mass is 9.87. The van der Waals surface area contributed by atoms with E-state index in [-0.39, 0.29) is 0 Å². The molecule has 5 nitrogen and oxygen atoms in total. The predicted octanol–water partition coefficient (Wildman–Crippen LogP) is 2.17. The molecule has 2 aromatic rings. The second-order valence-electron chi connectivity index (χ2n) is 7.48. The summed E-state index contributed by atoms with van der Waals surface area (Å²) in [6, 6.07) is 9.05. The van der Waals surface area contributed by atoms with Crippen molar-refractivity contribution in [1.29, 1.82) is 0 Å². The molecule has 5 heteroatoms. The monoisotopic (exact) mass is 340 g/mol. The fourth-order valence-electron chi connectivity index (χ4n) is 4.36. The first-order valence-electron chi connectivity index (χ1n) is 9.51. The minimum absolute atomic E-state index is 0.292. The molecule has 0 spiro atoms. The Bertz CT molecular complexity index is 732. The van der Waals surface area contributed by atoms with Gasteiger partial charge in [-0.15, -0.1) is 0 Å². The van der Waals surface area contributed by atoms with Crippen LogP contribution in [0.2, 0.25) is 0 Å². The van der Waals surface area contributed by atoms with Crippen molar-refractivity contribution in [3.63, 3.8) is 0 Å². The number of aromatic amines is 1. The highest BCUT2D eigenvalue weighted by molar-refractivity contribution is 5.83. The molecule has 2 fully saturated rings. The van der Waals surface area contributed by atoms with Crippen molar-refractivity contribution in [2.45, 2.75) is 31.7 Å². The number of likely N-dealkylation sites (tertiary alicyclic amines) is 1. The number of carbonyl (C=O) groups excluding carboxylic acids is 1. The molecule has 25 heavy (non-hydrogen) atoms. The van der Waals surface area contributed by atoms with Crippen molar-refractivity contribution in [2.24, 2.45) is 0 Å². The fraction of sp³-hybridized carbons (Fsp3) is 0.550. The number of amides is 1. The van der Waals surface area contributed by atoms with Gasteiger partial charge < -0.3 is 15.2 Å². The maximum Gasteiger partial charge on any atom is 0.237 e. The number of carbonyl (C=O) groups is 1. The Labute approximate surface area is 149 Å². The van der Waals surface area contributed by atoms with E-state index in [0.29, 0.717) is 24.4 Å². The Balaban J connectivity index is 1.35. The quantitative estimate of drug-likeness (QED) is 0.900. The van der Waals surface area contributed by atoms with Crippen molar-refractivity contribution in [3.8, 4) is 0 Å². The standard InChI is InChI=1S/C20H28N4O/c1-15-13-21-9-12-24(15)20(25)14-23-10-6-16(7-11-23)17-3-2-4-19-18(17)5-8-22-19/h2-5,8,15-16,21-22H,6-7,9-14H2,1H3. The van der Waals surface area contributed by atoms with Crippen LogP contribution in [-0.2, 0) is 4.79 Å². The summed E-state index contributed by atoms with van der Waals surface area (Å²) in [7, 11) is 0. The van der Waals surface area contributed by atoms with E-state index in [2.05, 4.69) is 46.4 Å². The minimum atomic E-state index is 0.292. The normalized spacial score (nSPS) is 23.2. The average Bonchev–Trinajstić information content (AvgIpc) is 3.11. The molecular weight excluding hydrogens is 312 g/mol. The molecule has 2 N–H and O–H groups in total. The molecule has 2 saturated heterocycles. The third-order valence-electron chi connectivity index (χ3n) is 5.84. The van der Waals surface area contributed by atoms with Crippen LogP contribution in [0.5, 0.6) is 0 Å². The number of hydrogen-bond acceptors (Lipinski definition) is 3. The van der Waals surface area contributed by atoms with Crippen LogP contribution < -0.4 is 5.32 Å². The largest absolute Gasteiger partial charge is 0.361 e. The summed E-state index contributed by atoms with van der Waals surface area (Å²) in [5.41, 5.74) is 2.68. The molecule has 1 amide bonds. The van der Waals surface area contributed by atoms with Gasteiger partial charge in [-0.2, -0.15) is 0 Å². The molecule has 2 aliphatic heterocycles. The molecule has 0 radical (unpaired) electrons. The lowest BCUT2D eigenvalue weighted by Gasteiger charge is -2.37. The minimum Gasteiger partial charge on any atom is -0.361 e. The van der Waals surface area contributed by atoms with E-state index in [1.54, 1.807) is 0 Å². The molecule has 2 aliphatic rings. The first-order chi connectivity index (χ1) is 12.2. The zero-order chi connectivity index (χ0) is 17.2. The van der Waals surface area contributed by atoms with Gasteiger partial charge in [-0.25, -0.2) is 0 Å². The van der Waals surface area contributed by atoms with Crippen molar-refractivity contribution in [3.05, 3.63) is 36.0 Å².